The lowest BCUT2D eigenvalue weighted by Crippen LogP contribution is -2.38. The predicted molar refractivity (Wildman–Crippen MR) is 113 cm³/mol. The first-order valence-corrected chi connectivity index (χ1v) is 8.99. The van der Waals surface area contributed by atoms with Crippen molar-refractivity contribution >= 4 is 22.8 Å². The number of esters is 1. The number of anilines is 1. The fourth-order valence-corrected chi connectivity index (χ4v) is 3.43. The lowest BCUT2D eigenvalue weighted by atomic mass is 9.96. The number of carbonyl (C=O) groups excluding carboxylic acids is 1. The molecule has 2 heterocycles. The lowest BCUT2D eigenvalue weighted by molar-refractivity contribution is 0.0602. The van der Waals surface area contributed by atoms with Crippen LogP contribution in [0, 0.1) is 0 Å². The zero-order chi connectivity index (χ0) is 23.0. The first kappa shape index (κ1) is 21.7. The summed E-state index contributed by atoms with van der Waals surface area (Å²) in [5.74, 6) is -0.103. The maximum absolute atomic E-state index is 13.1. The van der Waals surface area contributed by atoms with Crippen LogP contribution in [0.1, 0.15) is 10.4 Å². The molecule has 2 aromatic heterocycles. The summed E-state index contributed by atoms with van der Waals surface area (Å²) in [4.78, 5) is 42.3. The molecule has 0 radical (unpaired) electrons. The second-order valence-corrected chi connectivity index (χ2v) is 6.56. The Kier molecular flexibility index (Phi) is 5.60. The Morgan fingerprint density at radius 3 is 2.03 bits per heavy atom. The van der Waals surface area contributed by atoms with Crippen LogP contribution in [0.25, 0.3) is 22.2 Å². The number of rotatable bonds is 5. The molecular weight excluding hydrogens is 408 g/mol. The molecule has 0 fully saturated rings. The molecule has 164 valence electrons. The van der Waals surface area contributed by atoms with E-state index in [2.05, 4.69) is 4.98 Å². The zero-order valence-corrected chi connectivity index (χ0v) is 17.9. The lowest BCUT2D eigenvalue weighted by Gasteiger charge is -2.18. The topological polar surface area (TPSA) is 137 Å². The van der Waals surface area contributed by atoms with Gasteiger partial charge in [0.1, 0.15) is 11.4 Å². The summed E-state index contributed by atoms with van der Waals surface area (Å²) in [7, 11) is 8.29. The van der Waals surface area contributed by atoms with Crippen molar-refractivity contribution in [2.45, 2.75) is 0 Å². The van der Waals surface area contributed by atoms with Gasteiger partial charge in [0, 0.05) is 19.7 Å². The standard InChI is InChI=1S/C20H22N4O7/c1-23-17-14(18(25)24(2)20(23)27)12(13(16(21)22-17)19(26)31-6)9-7-10(28-3)15(30-5)11(8-9)29-4/h7-8H,1-6H3,(H2,21,22). The molecule has 11 nitrogen and oxygen atoms in total. The molecule has 3 aromatic rings. The number of methoxy groups -OCH3 is 4. The van der Waals surface area contributed by atoms with Gasteiger partial charge >= 0.3 is 11.7 Å². The summed E-state index contributed by atoms with van der Waals surface area (Å²) in [6.45, 7) is 0. The molecule has 0 bridgehead atoms. The zero-order valence-electron chi connectivity index (χ0n) is 17.9. The Bertz CT molecular complexity index is 1300. The van der Waals surface area contributed by atoms with Crippen LogP contribution in [0.2, 0.25) is 0 Å². The highest BCUT2D eigenvalue weighted by Crippen LogP contribution is 2.43. The number of aromatic nitrogens is 3. The van der Waals surface area contributed by atoms with Crippen LogP contribution in [0.15, 0.2) is 21.7 Å². The van der Waals surface area contributed by atoms with E-state index in [1.807, 2.05) is 0 Å². The average molecular weight is 430 g/mol. The van der Waals surface area contributed by atoms with Crippen molar-refractivity contribution in [2.24, 2.45) is 14.1 Å². The normalized spacial score (nSPS) is 10.8. The fourth-order valence-electron chi connectivity index (χ4n) is 3.43. The molecule has 3 rings (SSSR count). The molecule has 0 atom stereocenters. The molecule has 0 aliphatic rings. The van der Waals surface area contributed by atoms with Crippen molar-refractivity contribution in [2.75, 3.05) is 34.2 Å². The van der Waals surface area contributed by atoms with Gasteiger partial charge in [0.25, 0.3) is 5.56 Å². The van der Waals surface area contributed by atoms with Gasteiger partial charge in [-0.15, -0.1) is 0 Å². The van der Waals surface area contributed by atoms with E-state index < -0.39 is 17.2 Å². The molecule has 0 spiro atoms. The van der Waals surface area contributed by atoms with Gasteiger partial charge in [0.05, 0.1) is 33.8 Å². The van der Waals surface area contributed by atoms with E-state index in [4.69, 9.17) is 24.7 Å². The van der Waals surface area contributed by atoms with Crippen LogP contribution in [-0.4, -0.2) is 48.5 Å². The number of nitrogens with zero attached hydrogens (tertiary/aromatic N) is 3. The number of carbonyl (C=O) groups is 1. The van der Waals surface area contributed by atoms with E-state index in [1.165, 1.54) is 47.1 Å². The summed E-state index contributed by atoms with van der Waals surface area (Å²) in [6, 6.07) is 3.12. The van der Waals surface area contributed by atoms with E-state index in [-0.39, 0.29) is 39.5 Å². The summed E-state index contributed by atoms with van der Waals surface area (Å²) in [6.07, 6.45) is 0. The van der Waals surface area contributed by atoms with Crippen LogP contribution in [-0.2, 0) is 18.8 Å². The number of hydrogen-bond acceptors (Lipinski definition) is 9. The van der Waals surface area contributed by atoms with Crippen molar-refractivity contribution in [1.29, 1.82) is 0 Å². The molecule has 0 saturated heterocycles. The van der Waals surface area contributed by atoms with Gasteiger partial charge in [-0.1, -0.05) is 0 Å². The third-order valence-electron chi connectivity index (χ3n) is 4.96. The van der Waals surface area contributed by atoms with E-state index in [0.29, 0.717) is 11.3 Å². The minimum absolute atomic E-state index is 0.00785. The van der Waals surface area contributed by atoms with Gasteiger partial charge in [-0.3, -0.25) is 13.9 Å². The summed E-state index contributed by atoms with van der Waals surface area (Å²) in [5, 5.41) is 0.00785. The number of benzene rings is 1. The molecule has 2 N–H and O–H groups in total. The highest BCUT2D eigenvalue weighted by atomic mass is 16.5. The third-order valence-corrected chi connectivity index (χ3v) is 4.96. The Balaban J connectivity index is 2.65. The first-order chi connectivity index (χ1) is 14.7. The number of aryl methyl sites for hydroxylation is 1. The summed E-state index contributed by atoms with van der Waals surface area (Å²) >= 11 is 0. The van der Waals surface area contributed by atoms with Crippen LogP contribution in [0.3, 0.4) is 0 Å². The van der Waals surface area contributed by atoms with Gasteiger partial charge < -0.3 is 24.7 Å². The van der Waals surface area contributed by atoms with Crippen molar-refractivity contribution in [3.05, 3.63) is 38.5 Å². The number of ether oxygens (including phenoxy) is 4. The summed E-state index contributed by atoms with van der Waals surface area (Å²) < 4.78 is 23.1. The molecular formula is C20H22N4O7. The second-order valence-electron chi connectivity index (χ2n) is 6.56. The molecule has 31 heavy (non-hydrogen) atoms. The fraction of sp³-hybridized carbons (Fsp3) is 0.300. The minimum Gasteiger partial charge on any atom is -0.493 e. The van der Waals surface area contributed by atoms with E-state index in [9.17, 15) is 14.4 Å². The molecule has 0 aliphatic heterocycles. The van der Waals surface area contributed by atoms with E-state index in [0.717, 1.165) is 4.57 Å². The SMILES string of the molecule is COC(=O)c1c(N)nc2c(c1-c1cc(OC)c(OC)c(OC)c1)c(=O)n(C)c(=O)n2C. The van der Waals surface area contributed by atoms with Crippen LogP contribution >= 0.6 is 0 Å². The van der Waals surface area contributed by atoms with Gasteiger partial charge in [0.2, 0.25) is 5.75 Å². The number of nitrogens with two attached hydrogens (primary N) is 1. The molecule has 11 heteroatoms. The average Bonchev–Trinajstić information content (AvgIpc) is 2.78. The Morgan fingerprint density at radius 1 is 0.968 bits per heavy atom. The number of nitrogen functional groups attached to an aromatic ring is 1. The maximum atomic E-state index is 13.1. The van der Waals surface area contributed by atoms with Crippen molar-refractivity contribution < 1.29 is 23.7 Å². The Morgan fingerprint density at radius 2 is 1.55 bits per heavy atom. The quantitative estimate of drug-likeness (QED) is 0.580. The van der Waals surface area contributed by atoms with Gasteiger partial charge in [-0.05, 0) is 17.7 Å². The number of pyridine rings is 1. The van der Waals surface area contributed by atoms with Gasteiger partial charge in [0.15, 0.2) is 17.1 Å². The van der Waals surface area contributed by atoms with E-state index in [1.54, 1.807) is 12.1 Å². The van der Waals surface area contributed by atoms with Crippen molar-refractivity contribution in [3.8, 4) is 28.4 Å². The van der Waals surface area contributed by atoms with Crippen molar-refractivity contribution in [3.63, 3.8) is 0 Å². The summed E-state index contributed by atoms with van der Waals surface area (Å²) in [5.41, 5.74) is 5.21. The van der Waals surface area contributed by atoms with Crippen LogP contribution in [0.4, 0.5) is 5.82 Å². The molecule has 0 unspecified atom stereocenters. The number of hydrogen-bond donors (Lipinski definition) is 1. The van der Waals surface area contributed by atoms with E-state index >= 15 is 0 Å². The van der Waals surface area contributed by atoms with Crippen molar-refractivity contribution in [1.82, 2.24) is 14.1 Å². The van der Waals surface area contributed by atoms with Crippen LogP contribution < -0.4 is 31.2 Å². The Hall–Kier alpha value is -4.02. The monoisotopic (exact) mass is 430 g/mol. The highest BCUT2D eigenvalue weighted by Gasteiger charge is 2.27. The molecule has 1 aromatic carbocycles. The Labute approximate surface area is 176 Å². The van der Waals surface area contributed by atoms with Gasteiger partial charge in [-0.25, -0.2) is 14.6 Å². The predicted octanol–water partition coefficient (Wildman–Crippen LogP) is 0.694. The highest BCUT2D eigenvalue weighted by molar-refractivity contribution is 6.09. The maximum Gasteiger partial charge on any atom is 0.342 e. The third kappa shape index (κ3) is 3.23. The number of fused-ring (bicyclic) bond motifs is 1. The minimum atomic E-state index is -0.799. The first-order valence-electron chi connectivity index (χ1n) is 8.99. The molecule has 0 amide bonds. The smallest absolute Gasteiger partial charge is 0.342 e. The van der Waals surface area contributed by atoms with Crippen LogP contribution in [0.5, 0.6) is 17.2 Å². The van der Waals surface area contributed by atoms with Gasteiger partial charge in [-0.2, -0.15) is 0 Å². The second kappa shape index (κ2) is 8.01. The molecule has 0 saturated carbocycles. The molecule has 0 aliphatic carbocycles. The largest absolute Gasteiger partial charge is 0.493 e.